The molecule has 1 aliphatic heterocycles. The van der Waals surface area contributed by atoms with Crippen LogP contribution in [0.1, 0.15) is 12.0 Å². The molecule has 1 aliphatic rings. The molecule has 1 amide bonds. The fourth-order valence-electron chi connectivity index (χ4n) is 4.08. The molecule has 5 nitrogen and oxygen atoms in total. The number of amides is 1. The molecule has 2 heterocycles. The maximum Gasteiger partial charge on any atom is 0.237 e. The van der Waals surface area contributed by atoms with Crippen molar-refractivity contribution in [2.45, 2.75) is 18.0 Å². The van der Waals surface area contributed by atoms with E-state index >= 15 is 0 Å². The van der Waals surface area contributed by atoms with E-state index in [-0.39, 0.29) is 5.91 Å². The van der Waals surface area contributed by atoms with Crippen LogP contribution in [0.3, 0.4) is 0 Å². The number of aromatic nitrogens is 2. The standard InChI is InChI=1S/C25H23N3O2S/c1-30-20-14-12-19(13-15-20)28-23-11-5-3-9-21(23)26-25(28)31-17-24(29)27-16-6-8-18-7-2-4-10-22(18)27/h2-5,7,9-15H,6,8,16-17H2,1H3. The van der Waals surface area contributed by atoms with Gasteiger partial charge in [-0.1, -0.05) is 42.1 Å². The highest BCUT2D eigenvalue weighted by Gasteiger charge is 2.23. The highest BCUT2D eigenvalue weighted by atomic mass is 32.2. The molecule has 0 N–H and O–H groups in total. The molecule has 0 atom stereocenters. The maximum absolute atomic E-state index is 13.1. The Morgan fingerprint density at radius 2 is 1.81 bits per heavy atom. The Bertz CT molecular complexity index is 1230. The minimum atomic E-state index is 0.116. The minimum Gasteiger partial charge on any atom is -0.497 e. The van der Waals surface area contributed by atoms with E-state index in [1.165, 1.54) is 17.3 Å². The average Bonchev–Trinajstić information content (AvgIpc) is 3.20. The summed E-state index contributed by atoms with van der Waals surface area (Å²) in [5, 5.41) is 0.810. The topological polar surface area (TPSA) is 47.4 Å². The monoisotopic (exact) mass is 429 g/mol. The summed E-state index contributed by atoms with van der Waals surface area (Å²) in [6.07, 6.45) is 2.03. The van der Waals surface area contributed by atoms with Gasteiger partial charge < -0.3 is 9.64 Å². The number of carbonyl (C=O) groups is 1. The van der Waals surface area contributed by atoms with Crippen LogP contribution in [0.5, 0.6) is 5.75 Å². The third kappa shape index (κ3) is 3.79. The first-order valence-electron chi connectivity index (χ1n) is 10.4. The molecule has 0 saturated heterocycles. The molecule has 0 bridgehead atoms. The van der Waals surface area contributed by atoms with Gasteiger partial charge in [0.2, 0.25) is 5.91 Å². The summed E-state index contributed by atoms with van der Waals surface area (Å²) >= 11 is 1.48. The number of ether oxygens (including phenoxy) is 1. The summed E-state index contributed by atoms with van der Waals surface area (Å²) < 4.78 is 7.41. The van der Waals surface area contributed by atoms with Crippen molar-refractivity contribution in [3.63, 3.8) is 0 Å². The Labute approximate surface area is 185 Å². The van der Waals surface area contributed by atoms with Crippen molar-refractivity contribution in [3.8, 4) is 11.4 Å². The van der Waals surface area contributed by atoms with Crippen LogP contribution in [-0.2, 0) is 11.2 Å². The number of benzene rings is 3. The van der Waals surface area contributed by atoms with Crippen molar-refractivity contribution in [1.82, 2.24) is 9.55 Å². The molecule has 5 rings (SSSR count). The van der Waals surface area contributed by atoms with Gasteiger partial charge in [-0.2, -0.15) is 0 Å². The van der Waals surface area contributed by atoms with Gasteiger partial charge in [0.15, 0.2) is 5.16 Å². The van der Waals surface area contributed by atoms with Gasteiger partial charge in [0.25, 0.3) is 0 Å². The molecule has 3 aromatic carbocycles. The maximum atomic E-state index is 13.1. The molecular weight excluding hydrogens is 406 g/mol. The average molecular weight is 430 g/mol. The highest BCUT2D eigenvalue weighted by Crippen LogP contribution is 2.31. The summed E-state index contributed by atoms with van der Waals surface area (Å²) in [5.41, 5.74) is 5.22. The summed E-state index contributed by atoms with van der Waals surface area (Å²) in [6, 6.07) is 24.2. The molecule has 0 aliphatic carbocycles. The fraction of sp³-hybridized carbons (Fsp3) is 0.200. The van der Waals surface area contributed by atoms with Crippen LogP contribution in [0.25, 0.3) is 16.7 Å². The van der Waals surface area contributed by atoms with Crippen LogP contribution >= 0.6 is 11.8 Å². The number of methoxy groups -OCH3 is 1. The first-order valence-corrected chi connectivity index (χ1v) is 11.4. The van der Waals surface area contributed by atoms with Crippen LogP contribution < -0.4 is 9.64 Å². The van der Waals surface area contributed by atoms with Gasteiger partial charge in [-0.25, -0.2) is 4.98 Å². The van der Waals surface area contributed by atoms with Crippen molar-refractivity contribution in [2.75, 3.05) is 24.3 Å². The highest BCUT2D eigenvalue weighted by molar-refractivity contribution is 7.99. The van der Waals surface area contributed by atoms with Crippen molar-refractivity contribution >= 4 is 34.4 Å². The van der Waals surface area contributed by atoms with Crippen molar-refractivity contribution < 1.29 is 9.53 Å². The molecule has 0 radical (unpaired) electrons. The lowest BCUT2D eigenvalue weighted by Crippen LogP contribution is -2.36. The van der Waals surface area contributed by atoms with E-state index in [2.05, 4.69) is 16.7 Å². The van der Waals surface area contributed by atoms with Gasteiger partial charge in [-0.3, -0.25) is 9.36 Å². The summed E-state index contributed by atoms with van der Waals surface area (Å²) in [4.78, 5) is 19.9. The zero-order valence-corrected chi connectivity index (χ0v) is 18.1. The number of hydrogen-bond donors (Lipinski definition) is 0. The van der Waals surface area contributed by atoms with Gasteiger partial charge in [0.05, 0.1) is 23.9 Å². The van der Waals surface area contributed by atoms with Crippen molar-refractivity contribution in [1.29, 1.82) is 0 Å². The molecule has 156 valence electrons. The number of aryl methyl sites for hydroxylation is 1. The Hall–Kier alpha value is -3.25. The minimum absolute atomic E-state index is 0.116. The molecule has 1 aromatic heterocycles. The van der Waals surface area contributed by atoms with Crippen LogP contribution in [0.15, 0.2) is 78.0 Å². The first-order chi connectivity index (χ1) is 15.2. The van der Waals surface area contributed by atoms with E-state index in [0.29, 0.717) is 5.75 Å². The smallest absolute Gasteiger partial charge is 0.237 e. The van der Waals surface area contributed by atoms with Gasteiger partial charge in [0, 0.05) is 17.9 Å². The number of fused-ring (bicyclic) bond motifs is 2. The molecule has 0 saturated carbocycles. The van der Waals surface area contributed by atoms with Crippen LogP contribution in [-0.4, -0.2) is 34.9 Å². The molecule has 0 spiro atoms. The lowest BCUT2D eigenvalue weighted by Gasteiger charge is -2.29. The number of nitrogens with zero attached hydrogens (tertiary/aromatic N) is 3. The Morgan fingerprint density at radius 3 is 2.65 bits per heavy atom. The predicted molar refractivity (Wildman–Crippen MR) is 125 cm³/mol. The van der Waals surface area contributed by atoms with Crippen LogP contribution in [0, 0.1) is 0 Å². The zero-order valence-electron chi connectivity index (χ0n) is 17.3. The second-order valence-electron chi connectivity index (χ2n) is 7.48. The Morgan fingerprint density at radius 1 is 1.03 bits per heavy atom. The van der Waals surface area contributed by atoms with Gasteiger partial charge >= 0.3 is 0 Å². The van der Waals surface area contributed by atoms with E-state index in [1.807, 2.05) is 65.6 Å². The number of carbonyl (C=O) groups excluding carboxylic acids is 1. The van der Waals surface area contributed by atoms with E-state index < -0.39 is 0 Å². The SMILES string of the molecule is COc1ccc(-n2c(SCC(=O)N3CCCc4ccccc43)nc3ccccc32)cc1. The lowest BCUT2D eigenvalue weighted by atomic mass is 10.0. The summed E-state index contributed by atoms with van der Waals surface area (Å²) in [7, 11) is 1.66. The van der Waals surface area contributed by atoms with E-state index in [4.69, 9.17) is 9.72 Å². The van der Waals surface area contributed by atoms with Crippen molar-refractivity contribution in [2.24, 2.45) is 0 Å². The molecular formula is C25H23N3O2S. The second-order valence-corrected chi connectivity index (χ2v) is 8.43. The molecule has 31 heavy (non-hydrogen) atoms. The molecule has 6 heteroatoms. The number of hydrogen-bond acceptors (Lipinski definition) is 4. The van der Waals surface area contributed by atoms with E-state index in [9.17, 15) is 4.79 Å². The third-order valence-electron chi connectivity index (χ3n) is 5.60. The first kappa shape index (κ1) is 19.7. The Balaban J connectivity index is 1.44. The van der Waals surface area contributed by atoms with E-state index in [0.717, 1.165) is 52.7 Å². The number of imidazole rings is 1. The number of rotatable bonds is 5. The predicted octanol–water partition coefficient (Wildman–Crippen LogP) is 5.11. The summed E-state index contributed by atoms with van der Waals surface area (Å²) in [6.45, 7) is 0.769. The number of para-hydroxylation sites is 3. The van der Waals surface area contributed by atoms with Crippen LogP contribution in [0.4, 0.5) is 5.69 Å². The quantitative estimate of drug-likeness (QED) is 0.414. The van der Waals surface area contributed by atoms with E-state index in [1.54, 1.807) is 7.11 Å². The lowest BCUT2D eigenvalue weighted by molar-refractivity contribution is -0.116. The van der Waals surface area contributed by atoms with Gasteiger partial charge in [-0.05, 0) is 60.9 Å². The largest absolute Gasteiger partial charge is 0.497 e. The molecule has 0 unspecified atom stereocenters. The normalized spacial score (nSPS) is 13.3. The zero-order chi connectivity index (χ0) is 21.2. The Kier molecular flexibility index (Phi) is 5.38. The molecule has 4 aromatic rings. The number of anilines is 1. The van der Waals surface area contributed by atoms with Gasteiger partial charge in [0.1, 0.15) is 5.75 Å². The second kappa shape index (κ2) is 8.47. The summed E-state index contributed by atoms with van der Waals surface area (Å²) in [5.74, 6) is 1.26. The van der Waals surface area contributed by atoms with Crippen molar-refractivity contribution in [3.05, 3.63) is 78.4 Å². The van der Waals surface area contributed by atoms with Crippen LogP contribution in [0.2, 0.25) is 0 Å². The van der Waals surface area contributed by atoms with Gasteiger partial charge in [-0.15, -0.1) is 0 Å². The molecule has 0 fully saturated rings. The fourth-order valence-corrected chi connectivity index (χ4v) is 4.98. The third-order valence-corrected chi connectivity index (χ3v) is 6.52. The number of thioether (sulfide) groups is 1.